The molecule has 1 heteroatoms. The molecule has 2 aliphatic carbocycles. The van der Waals surface area contributed by atoms with Crippen molar-refractivity contribution >= 4 is 17.8 Å². The van der Waals surface area contributed by atoms with Gasteiger partial charge < -0.3 is 4.57 Å². The summed E-state index contributed by atoms with van der Waals surface area (Å²) in [5, 5.41) is 0. The Kier molecular flexibility index (Phi) is 10.7. The monoisotopic (exact) mass is 495 g/mol. The number of hydrogen-bond donors (Lipinski definition) is 0. The Morgan fingerprint density at radius 1 is 1.05 bits per heavy atom. The summed E-state index contributed by atoms with van der Waals surface area (Å²) in [6.07, 6.45) is 28.7. The first-order valence-corrected chi connectivity index (χ1v) is 14.5. The van der Waals surface area contributed by atoms with Crippen molar-refractivity contribution in [2.75, 3.05) is 0 Å². The van der Waals surface area contributed by atoms with Crippen molar-refractivity contribution in [2.24, 2.45) is 11.8 Å². The van der Waals surface area contributed by atoms with Crippen LogP contribution < -0.4 is 0 Å². The molecule has 3 rings (SSSR count). The van der Waals surface area contributed by atoms with Gasteiger partial charge in [-0.05, 0) is 138 Å². The van der Waals surface area contributed by atoms with Crippen molar-refractivity contribution in [1.82, 2.24) is 4.57 Å². The average molecular weight is 496 g/mol. The van der Waals surface area contributed by atoms with Crippen LogP contribution in [0.25, 0.3) is 17.8 Å². The van der Waals surface area contributed by atoms with Gasteiger partial charge in [-0.15, -0.1) is 5.73 Å². The van der Waals surface area contributed by atoms with Gasteiger partial charge in [0, 0.05) is 17.1 Å². The molecular weight excluding hydrogens is 446 g/mol. The molecule has 0 N–H and O–H groups in total. The van der Waals surface area contributed by atoms with Gasteiger partial charge in [-0.1, -0.05) is 61.8 Å². The number of rotatable bonds is 6. The summed E-state index contributed by atoms with van der Waals surface area (Å²) in [6.45, 7) is 18.3. The van der Waals surface area contributed by atoms with Crippen LogP contribution in [0.4, 0.5) is 0 Å². The van der Waals surface area contributed by atoms with E-state index in [4.69, 9.17) is 0 Å². The van der Waals surface area contributed by atoms with Gasteiger partial charge in [-0.3, -0.25) is 0 Å². The topological polar surface area (TPSA) is 4.93 Å². The smallest absolute Gasteiger partial charge is 0.0496 e. The minimum Gasteiger partial charge on any atom is -0.310 e. The van der Waals surface area contributed by atoms with E-state index in [1.165, 1.54) is 44.9 Å². The molecule has 2 unspecified atom stereocenters. The van der Waals surface area contributed by atoms with Gasteiger partial charge in [-0.25, -0.2) is 0 Å². The standard InChI is InChI=1S/C36H49N/c1-9-31(32-23-28(6)20-18-27(5)19-21-29(7)24-32)25-35-30(8)34(10-2)36(22-26(3)4)37(35)33-16-14-12-11-13-15-17-33/h12,14-17,20-22,25,29,32H,9-11,13,18,23-24H2,1-8H3/b14-12-,17-15-,28-20-,31-25+,33-16+. The Morgan fingerprint density at radius 3 is 2.51 bits per heavy atom. The SMILES string of the molecule is CC/C(=C\c1c(C)c(CC)c(C=C(C)C)n1C1=C/C=C\CC/C=C\1)C1C/C(C)=C\CC(C)=C=CC(C)C1. The molecule has 0 fully saturated rings. The third-order valence-corrected chi connectivity index (χ3v) is 7.71. The highest BCUT2D eigenvalue weighted by Gasteiger charge is 2.22. The highest BCUT2D eigenvalue weighted by atomic mass is 15.0. The normalized spacial score (nSPS) is 25.6. The van der Waals surface area contributed by atoms with Gasteiger partial charge in [0.05, 0.1) is 0 Å². The molecule has 1 aromatic heterocycles. The van der Waals surface area contributed by atoms with Crippen LogP contribution in [-0.2, 0) is 6.42 Å². The molecule has 37 heavy (non-hydrogen) atoms. The van der Waals surface area contributed by atoms with E-state index in [1.54, 1.807) is 5.57 Å². The van der Waals surface area contributed by atoms with Crippen LogP contribution in [0.3, 0.4) is 0 Å². The van der Waals surface area contributed by atoms with Crippen LogP contribution in [-0.4, -0.2) is 4.57 Å². The highest BCUT2D eigenvalue weighted by Crippen LogP contribution is 2.36. The summed E-state index contributed by atoms with van der Waals surface area (Å²) in [5.41, 5.74) is 16.1. The molecule has 1 nitrogen and oxygen atoms in total. The minimum absolute atomic E-state index is 0.516. The molecule has 0 radical (unpaired) electrons. The van der Waals surface area contributed by atoms with Crippen LogP contribution in [0.15, 0.2) is 70.6 Å². The first-order chi connectivity index (χ1) is 17.7. The predicted molar refractivity (Wildman–Crippen MR) is 165 cm³/mol. The number of aromatic nitrogens is 1. The maximum absolute atomic E-state index is 3.55. The molecule has 1 aromatic rings. The quantitative estimate of drug-likeness (QED) is 0.273. The van der Waals surface area contributed by atoms with Crippen molar-refractivity contribution in [1.29, 1.82) is 0 Å². The van der Waals surface area contributed by atoms with E-state index in [1.807, 2.05) is 0 Å². The second-order valence-electron chi connectivity index (χ2n) is 11.3. The van der Waals surface area contributed by atoms with Crippen LogP contribution in [0, 0.1) is 18.8 Å². The lowest BCUT2D eigenvalue weighted by atomic mass is 9.82. The van der Waals surface area contributed by atoms with E-state index in [-0.39, 0.29) is 0 Å². The molecule has 2 aliphatic rings. The first-order valence-electron chi connectivity index (χ1n) is 14.5. The Labute approximate surface area is 227 Å². The molecule has 0 spiro atoms. The summed E-state index contributed by atoms with van der Waals surface area (Å²) >= 11 is 0. The van der Waals surface area contributed by atoms with Crippen molar-refractivity contribution < 1.29 is 0 Å². The third kappa shape index (κ3) is 7.62. The molecular formula is C36H49N. The predicted octanol–water partition coefficient (Wildman–Crippen LogP) is 10.8. The first kappa shape index (κ1) is 28.8. The average Bonchev–Trinajstić information content (AvgIpc) is 3.08. The van der Waals surface area contributed by atoms with Gasteiger partial charge in [0.15, 0.2) is 0 Å². The third-order valence-electron chi connectivity index (χ3n) is 7.71. The lowest BCUT2D eigenvalue weighted by Crippen LogP contribution is -2.10. The fourth-order valence-electron chi connectivity index (χ4n) is 5.68. The van der Waals surface area contributed by atoms with Crippen molar-refractivity contribution in [3.63, 3.8) is 0 Å². The van der Waals surface area contributed by atoms with E-state index in [2.05, 4.69) is 120 Å². The maximum Gasteiger partial charge on any atom is 0.0496 e. The lowest BCUT2D eigenvalue weighted by Gasteiger charge is -2.24. The summed E-state index contributed by atoms with van der Waals surface area (Å²) < 4.78 is 2.53. The van der Waals surface area contributed by atoms with Gasteiger partial charge in [0.2, 0.25) is 0 Å². The molecule has 2 atom stereocenters. The molecule has 0 aromatic carbocycles. The summed E-state index contributed by atoms with van der Waals surface area (Å²) in [5.74, 6) is 1.05. The van der Waals surface area contributed by atoms with E-state index in [0.717, 1.165) is 44.9 Å². The van der Waals surface area contributed by atoms with E-state index >= 15 is 0 Å². The summed E-state index contributed by atoms with van der Waals surface area (Å²) in [7, 11) is 0. The Balaban J connectivity index is 2.23. The largest absolute Gasteiger partial charge is 0.310 e. The molecule has 1 heterocycles. The fourth-order valence-corrected chi connectivity index (χ4v) is 5.68. The molecule has 0 saturated carbocycles. The highest BCUT2D eigenvalue weighted by molar-refractivity contribution is 5.74. The second-order valence-corrected chi connectivity index (χ2v) is 11.3. The lowest BCUT2D eigenvalue weighted by molar-refractivity contribution is 0.476. The molecule has 0 aliphatic heterocycles. The van der Waals surface area contributed by atoms with Crippen molar-refractivity contribution in [3.05, 3.63) is 93.1 Å². The molecule has 0 saturated heterocycles. The zero-order valence-electron chi connectivity index (χ0n) is 24.7. The van der Waals surface area contributed by atoms with Gasteiger partial charge in [0.1, 0.15) is 0 Å². The van der Waals surface area contributed by atoms with Gasteiger partial charge in [-0.2, -0.15) is 0 Å². The van der Waals surface area contributed by atoms with Crippen LogP contribution in [0.2, 0.25) is 0 Å². The fraction of sp³-hybridized carbons (Fsp3) is 0.472. The number of allylic oxidation sites excluding steroid dienone is 11. The van der Waals surface area contributed by atoms with Crippen molar-refractivity contribution in [3.8, 4) is 0 Å². The Hall–Kier alpha value is -2.76. The zero-order chi connectivity index (χ0) is 26.9. The molecule has 198 valence electrons. The Morgan fingerprint density at radius 2 is 1.81 bits per heavy atom. The van der Waals surface area contributed by atoms with E-state index in [0.29, 0.717) is 11.8 Å². The maximum atomic E-state index is 3.55. The van der Waals surface area contributed by atoms with Crippen molar-refractivity contribution in [2.45, 2.75) is 100 Å². The van der Waals surface area contributed by atoms with E-state index < -0.39 is 0 Å². The van der Waals surface area contributed by atoms with E-state index in [9.17, 15) is 0 Å². The Bertz CT molecular complexity index is 1200. The second kappa shape index (κ2) is 13.7. The summed E-state index contributed by atoms with van der Waals surface area (Å²) in [4.78, 5) is 0. The number of hydrogen-bond acceptors (Lipinski definition) is 0. The van der Waals surface area contributed by atoms with Gasteiger partial charge >= 0.3 is 0 Å². The van der Waals surface area contributed by atoms with Crippen LogP contribution >= 0.6 is 0 Å². The molecule has 0 bridgehead atoms. The van der Waals surface area contributed by atoms with Gasteiger partial charge in [0.25, 0.3) is 0 Å². The zero-order valence-corrected chi connectivity index (χ0v) is 24.7. The van der Waals surface area contributed by atoms with Crippen LogP contribution in [0.1, 0.15) is 110 Å². The number of nitrogens with zero attached hydrogens (tertiary/aromatic N) is 1. The molecule has 0 amide bonds. The minimum atomic E-state index is 0.516. The summed E-state index contributed by atoms with van der Waals surface area (Å²) in [6, 6.07) is 0. The van der Waals surface area contributed by atoms with Crippen LogP contribution in [0.5, 0.6) is 0 Å².